The fourth-order valence-electron chi connectivity index (χ4n) is 3.47. The molecule has 0 bridgehead atoms. The highest BCUT2D eigenvalue weighted by molar-refractivity contribution is 5.78. The second kappa shape index (κ2) is 9.47. The van der Waals surface area contributed by atoms with E-state index in [-0.39, 0.29) is 5.91 Å². The molecular formula is C26H27N5O. The minimum Gasteiger partial charge on any atom is -0.369 e. The van der Waals surface area contributed by atoms with E-state index in [0.717, 1.165) is 33.6 Å². The second-order valence-electron chi connectivity index (χ2n) is 8.16. The molecule has 6 nitrogen and oxygen atoms in total. The van der Waals surface area contributed by atoms with E-state index in [9.17, 15) is 4.79 Å². The lowest BCUT2D eigenvalue weighted by molar-refractivity contribution is -0.120. The number of imidazole rings is 1. The predicted molar refractivity (Wildman–Crippen MR) is 128 cm³/mol. The number of rotatable bonds is 7. The standard InChI is InChI=1S/C26H27N5O/c1-17(2)20-8-10-21(11-9-20)23-12-5-19(15-28-23)13-25(32)29-14-18-3-6-22(7-4-18)24-16-30-26(27)31-24/h3-12,15-17H,13-14H2,1-2H3,(H,29,32)(H3,27,30,31). The average molecular weight is 426 g/mol. The van der Waals surface area contributed by atoms with Gasteiger partial charge in [-0.25, -0.2) is 4.98 Å². The first-order chi connectivity index (χ1) is 15.5. The van der Waals surface area contributed by atoms with Gasteiger partial charge in [0.05, 0.1) is 24.0 Å². The summed E-state index contributed by atoms with van der Waals surface area (Å²) >= 11 is 0. The Bertz CT molecular complexity index is 1180. The molecule has 1 amide bonds. The zero-order valence-corrected chi connectivity index (χ0v) is 18.3. The normalized spacial score (nSPS) is 11.0. The van der Waals surface area contributed by atoms with Crippen LogP contribution in [0, 0.1) is 0 Å². The largest absolute Gasteiger partial charge is 0.369 e. The zero-order chi connectivity index (χ0) is 22.5. The number of anilines is 1. The van der Waals surface area contributed by atoms with Gasteiger partial charge in [-0.15, -0.1) is 0 Å². The minimum atomic E-state index is -0.0359. The predicted octanol–water partition coefficient (Wildman–Crippen LogP) is 4.70. The Morgan fingerprint density at radius 3 is 2.19 bits per heavy atom. The number of nitrogen functional groups attached to an aromatic ring is 1. The highest BCUT2D eigenvalue weighted by Crippen LogP contribution is 2.21. The van der Waals surface area contributed by atoms with E-state index in [1.165, 1.54) is 5.56 Å². The summed E-state index contributed by atoms with van der Waals surface area (Å²) in [6, 6.07) is 20.3. The summed E-state index contributed by atoms with van der Waals surface area (Å²) in [6.07, 6.45) is 3.77. The van der Waals surface area contributed by atoms with Crippen LogP contribution in [0.25, 0.3) is 22.5 Å². The first-order valence-corrected chi connectivity index (χ1v) is 10.7. The Kier molecular flexibility index (Phi) is 6.31. The molecule has 2 aromatic heterocycles. The molecule has 0 atom stereocenters. The smallest absolute Gasteiger partial charge is 0.224 e. The van der Waals surface area contributed by atoms with Crippen LogP contribution in [0.4, 0.5) is 5.95 Å². The Labute approximate surface area is 187 Å². The van der Waals surface area contributed by atoms with Gasteiger partial charge >= 0.3 is 0 Å². The molecule has 4 aromatic rings. The summed E-state index contributed by atoms with van der Waals surface area (Å²) in [5.74, 6) is 0.862. The van der Waals surface area contributed by atoms with Crippen molar-refractivity contribution in [1.82, 2.24) is 20.3 Å². The number of hydrogen-bond acceptors (Lipinski definition) is 4. The molecule has 4 N–H and O–H groups in total. The number of aromatic nitrogens is 3. The van der Waals surface area contributed by atoms with E-state index >= 15 is 0 Å². The maximum atomic E-state index is 12.4. The molecule has 0 saturated heterocycles. The molecule has 4 rings (SSSR count). The number of hydrogen-bond donors (Lipinski definition) is 3. The number of nitrogens with two attached hydrogens (primary N) is 1. The minimum absolute atomic E-state index is 0.0359. The van der Waals surface area contributed by atoms with Gasteiger partial charge in [0.2, 0.25) is 5.91 Å². The van der Waals surface area contributed by atoms with Crippen molar-refractivity contribution < 1.29 is 4.79 Å². The molecular weight excluding hydrogens is 398 g/mol. The van der Waals surface area contributed by atoms with E-state index in [2.05, 4.69) is 58.4 Å². The van der Waals surface area contributed by atoms with Crippen LogP contribution in [0.2, 0.25) is 0 Å². The number of nitrogens with one attached hydrogen (secondary N) is 2. The number of carbonyl (C=O) groups is 1. The van der Waals surface area contributed by atoms with Gasteiger partial charge in [0.1, 0.15) is 0 Å². The maximum absolute atomic E-state index is 12.4. The Morgan fingerprint density at radius 1 is 0.906 bits per heavy atom. The first-order valence-electron chi connectivity index (χ1n) is 10.7. The van der Waals surface area contributed by atoms with E-state index in [1.54, 1.807) is 12.4 Å². The van der Waals surface area contributed by atoms with E-state index < -0.39 is 0 Å². The topological polar surface area (TPSA) is 96.7 Å². The summed E-state index contributed by atoms with van der Waals surface area (Å²) < 4.78 is 0. The molecule has 6 heteroatoms. The quantitative estimate of drug-likeness (QED) is 0.400. The van der Waals surface area contributed by atoms with E-state index in [0.29, 0.717) is 24.8 Å². The van der Waals surface area contributed by atoms with Crippen LogP contribution < -0.4 is 11.1 Å². The Balaban J connectivity index is 1.30. The van der Waals surface area contributed by atoms with Gasteiger partial charge in [0.15, 0.2) is 5.95 Å². The highest BCUT2D eigenvalue weighted by atomic mass is 16.1. The molecule has 0 aliphatic heterocycles. The fourth-order valence-corrected chi connectivity index (χ4v) is 3.47. The molecule has 0 aliphatic rings. The number of aromatic amines is 1. The van der Waals surface area contributed by atoms with Gasteiger partial charge < -0.3 is 16.0 Å². The number of H-pyrrole nitrogens is 1. The number of nitrogens with zero attached hydrogens (tertiary/aromatic N) is 2. The maximum Gasteiger partial charge on any atom is 0.224 e. The lowest BCUT2D eigenvalue weighted by atomic mass is 10.0. The fraction of sp³-hybridized carbons (Fsp3) is 0.192. The molecule has 0 spiro atoms. The average Bonchev–Trinajstić information content (AvgIpc) is 3.25. The molecule has 0 fully saturated rings. The molecule has 32 heavy (non-hydrogen) atoms. The summed E-state index contributed by atoms with van der Waals surface area (Å²) in [5, 5.41) is 2.97. The van der Waals surface area contributed by atoms with Crippen LogP contribution in [-0.2, 0) is 17.8 Å². The third kappa shape index (κ3) is 5.21. The zero-order valence-electron chi connectivity index (χ0n) is 18.3. The van der Waals surface area contributed by atoms with Crippen LogP contribution >= 0.6 is 0 Å². The number of benzene rings is 2. The van der Waals surface area contributed by atoms with Crippen LogP contribution in [0.15, 0.2) is 73.1 Å². The summed E-state index contributed by atoms with van der Waals surface area (Å²) in [6.45, 7) is 4.83. The van der Waals surface area contributed by atoms with Gasteiger partial charge in [-0.1, -0.05) is 68.4 Å². The van der Waals surface area contributed by atoms with E-state index in [4.69, 9.17) is 5.73 Å². The van der Waals surface area contributed by atoms with Gasteiger partial charge in [-0.3, -0.25) is 9.78 Å². The first kappa shape index (κ1) is 21.3. The van der Waals surface area contributed by atoms with E-state index in [1.807, 2.05) is 36.4 Å². The van der Waals surface area contributed by atoms with Crippen molar-refractivity contribution in [2.75, 3.05) is 5.73 Å². The number of carbonyl (C=O) groups excluding carboxylic acids is 1. The molecule has 2 heterocycles. The van der Waals surface area contributed by atoms with Gasteiger partial charge in [-0.2, -0.15) is 0 Å². The number of pyridine rings is 1. The molecule has 162 valence electrons. The van der Waals surface area contributed by atoms with Crippen molar-refractivity contribution in [1.29, 1.82) is 0 Å². The van der Waals surface area contributed by atoms with Crippen molar-refractivity contribution in [3.05, 3.63) is 89.7 Å². The molecule has 2 aromatic carbocycles. The van der Waals surface area contributed by atoms with Crippen molar-refractivity contribution >= 4 is 11.9 Å². The van der Waals surface area contributed by atoms with Crippen molar-refractivity contribution in [3.8, 4) is 22.5 Å². The van der Waals surface area contributed by atoms with Gasteiger partial charge in [0, 0.05) is 18.3 Å². The van der Waals surface area contributed by atoms with Crippen LogP contribution in [-0.4, -0.2) is 20.9 Å². The molecule has 0 saturated carbocycles. The Hall–Kier alpha value is -3.93. The Morgan fingerprint density at radius 2 is 1.59 bits per heavy atom. The van der Waals surface area contributed by atoms with Crippen LogP contribution in [0.5, 0.6) is 0 Å². The molecule has 0 radical (unpaired) electrons. The van der Waals surface area contributed by atoms with Gasteiger partial charge in [-0.05, 0) is 34.2 Å². The van der Waals surface area contributed by atoms with Crippen molar-refractivity contribution in [2.45, 2.75) is 32.7 Å². The summed E-state index contributed by atoms with van der Waals surface area (Å²) in [4.78, 5) is 23.9. The highest BCUT2D eigenvalue weighted by Gasteiger charge is 2.07. The second-order valence-corrected chi connectivity index (χ2v) is 8.16. The summed E-state index contributed by atoms with van der Waals surface area (Å²) in [7, 11) is 0. The summed E-state index contributed by atoms with van der Waals surface area (Å²) in [5.41, 5.74) is 12.7. The molecule has 0 unspecified atom stereocenters. The third-order valence-corrected chi connectivity index (χ3v) is 5.41. The van der Waals surface area contributed by atoms with Crippen LogP contribution in [0.1, 0.15) is 36.5 Å². The SMILES string of the molecule is CC(C)c1ccc(-c2ccc(CC(=O)NCc3ccc(-c4cnc(N)[nH]4)cc3)cn2)cc1. The number of amides is 1. The monoisotopic (exact) mass is 425 g/mol. The van der Waals surface area contributed by atoms with Crippen molar-refractivity contribution in [2.24, 2.45) is 0 Å². The van der Waals surface area contributed by atoms with Gasteiger partial charge in [0.25, 0.3) is 0 Å². The van der Waals surface area contributed by atoms with Crippen molar-refractivity contribution in [3.63, 3.8) is 0 Å². The molecule has 0 aliphatic carbocycles. The lowest BCUT2D eigenvalue weighted by Crippen LogP contribution is -2.24. The lowest BCUT2D eigenvalue weighted by Gasteiger charge is -2.08. The third-order valence-electron chi connectivity index (χ3n) is 5.41. The van der Waals surface area contributed by atoms with Crippen LogP contribution in [0.3, 0.4) is 0 Å².